The summed E-state index contributed by atoms with van der Waals surface area (Å²) < 4.78 is 55.5. The van der Waals surface area contributed by atoms with Crippen molar-refractivity contribution < 1.29 is 27.4 Å². The molecule has 37 heavy (non-hydrogen) atoms. The van der Waals surface area contributed by atoms with Gasteiger partial charge in [-0.1, -0.05) is 45.4 Å². The highest BCUT2D eigenvalue weighted by Crippen LogP contribution is 2.41. The number of carbonyl (C=O) groups excluding carboxylic acids is 1. The second kappa shape index (κ2) is 12.3. The molecule has 0 aliphatic carbocycles. The van der Waals surface area contributed by atoms with Crippen LogP contribution in [-0.4, -0.2) is 23.8 Å². The molecule has 1 heterocycles. The molecule has 0 spiro atoms. The molecule has 3 aromatic rings. The summed E-state index contributed by atoms with van der Waals surface area (Å²) in [6.07, 6.45) is 0.172. The number of unbranched alkanes of at least 4 members (excludes halogenated alkanes) is 2. The Morgan fingerprint density at radius 2 is 1.81 bits per heavy atom. The first-order valence-electron chi connectivity index (χ1n) is 12.8. The molecule has 0 radical (unpaired) electrons. The summed E-state index contributed by atoms with van der Waals surface area (Å²) in [5, 5.41) is 0.837. The van der Waals surface area contributed by atoms with Crippen molar-refractivity contribution in [3.05, 3.63) is 66.2 Å². The summed E-state index contributed by atoms with van der Waals surface area (Å²) in [4.78, 5) is 11.3. The van der Waals surface area contributed by atoms with E-state index < -0.39 is 17.7 Å². The predicted molar refractivity (Wildman–Crippen MR) is 142 cm³/mol. The van der Waals surface area contributed by atoms with Crippen LogP contribution in [0.5, 0.6) is 5.75 Å². The van der Waals surface area contributed by atoms with Crippen molar-refractivity contribution in [1.82, 2.24) is 4.57 Å². The Labute approximate surface area is 217 Å². The number of halogens is 3. The van der Waals surface area contributed by atoms with Crippen molar-refractivity contribution in [1.29, 1.82) is 0 Å². The van der Waals surface area contributed by atoms with Gasteiger partial charge in [0.15, 0.2) is 0 Å². The minimum atomic E-state index is -4.46. The van der Waals surface area contributed by atoms with Crippen molar-refractivity contribution in [2.24, 2.45) is 5.92 Å². The number of alkyl halides is 3. The Morgan fingerprint density at radius 3 is 2.46 bits per heavy atom. The zero-order chi connectivity index (χ0) is 27.2. The van der Waals surface area contributed by atoms with Crippen LogP contribution in [0, 0.1) is 5.92 Å². The van der Waals surface area contributed by atoms with Gasteiger partial charge >= 0.3 is 12.1 Å². The molecule has 0 saturated carbocycles. The molecular weight excluding hydrogens is 479 g/mol. The first-order valence-corrected chi connectivity index (χ1v) is 12.8. The normalized spacial score (nSPS) is 12.6. The number of aryl methyl sites for hydroxylation is 1. The molecule has 7 heteroatoms. The fourth-order valence-electron chi connectivity index (χ4n) is 4.41. The van der Waals surface area contributed by atoms with E-state index in [1.165, 1.54) is 6.07 Å². The number of hydrogen-bond donors (Lipinski definition) is 0. The molecule has 1 unspecified atom stereocenters. The highest BCUT2D eigenvalue weighted by Gasteiger charge is 2.35. The molecule has 1 atom stereocenters. The molecule has 0 amide bonds. The van der Waals surface area contributed by atoms with E-state index in [1.807, 2.05) is 49.6 Å². The van der Waals surface area contributed by atoms with Gasteiger partial charge in [-0.05, 0) is 56.5 Å². The van der Waals surface area contributed by atoms with Crippen molar-refractivity contribution in [3.8, 4) is 17.0 Å². The third-order valence-electron chi connectivity index (χ3n) is 6.28. The second-order valence-corrected chi connectivity index (χ2v) is 9.80. The Kier molecular flexibility index (Phi) is 9.46. The van der Waals surface area contributed by atoms with Crippen LogP contribution in [0.25, 0.3) is 22.2 Å². The molecule has 0 N–H and O–H groups in total. The Hall–Kier alpha value is -3.22. The molecular formula is C30H36F3NO3. The molecule has 0 aliphatic heterocycles. The lowest BCUT2D eigenvalue weighted by atomic mass is 9.97. The summed E-state index contributed by atoms with van der Waals surface area (Å²) in [5.41, 5.74) is 1.61. The quantitative estimate of drug-likeness (QED) is 0.138. The highest BCUT2D eigenvalue weighted by atomic mass is 19.4. The molecule has 0 saturated heterocycles. The monoisotopic (exact) mass is 515 g/mol. The topological polar surface area (TPSA) is 40.5 Å². The first kappa shape index (κ1) is 28.4. The molecule has 4 nitrogen and oxygen atoms in total. The van der Waals surface area contributed by atoms with Crippen LogP contribution in [0.2, 0.25) is 0 Å². The van der Waals surface area contributed by atoms with Crippen LogP contribution in [-0.2, 0) is 22.1 Å². The van der Waals surface area contributed by atoms with Crippen molar-refractivity contribution in [2.45, 2.75) is 65.6 Å². The van der Waals surface area contributed by atoms with E-state index in [0.29, 0.717) is 30.0 Å². The highest BCUT2D eigenvalue weighted by molar-refractivity contribution is 5.89. The maximum Gasteiger partial charge on any atom is 0.417 e. The van der Waals surface area contributed by atoms with E-state index >= 15 is 0 Å². The van der Waals surface area contributed by atoms with E-state index in [-0.39, 0.29) is 24.1 Å². The number of fused-ring (bicyclic) bond motifs is 1. The van der Waals surface area contributed by atoms with Crippen LogP contribution in [0.4, 0.5) is 13.2 Å². The Balaban J connectivity index is 1.95. The van der Waals surface area contributed by atoms with E-state index in [9.17, 15) is 18.0 Å². The standard InChI is InChI=1S/C30H36F3NO3/c1-6-8-9-10-22-11-14-25(26(15-22)30(31,32)33)28-16-23-12-13-24(17-27(23)34(28)20(3)4)36-18-21(5)19-37-29(35)7-2/h7,11-17,20-21H,2,6,8-10,18-19H2,1,3-5H3. The summed E-state index contributed by atoms with van der Waals surface area (Å²) in [6.45, 7) is 11.8. The van der Waals surface area contributed by atoms with E-state index in [4.69, 9.17) is 9.47 Å². The first-order chi connectivity index (χ1) is 17.5. The zero-order valence-corrected chi connectivity index (χ0v) is 22.0. The number of ether oxygens (including phenoxy) is 2. The van der Waals surface area contributed by atoms with Gasteiger partial charge in [-0.15, -0.1) is 0 Å². The van der Waals surface area contributed by atoms with Crippen LogP contribution < -0.4 is 4.74 Å². The number of esters is 1. The largest absolute Gasteiger partial charge is 0.493 e. The molecule has 0 fully saturated rings. The van der Waals surface area contributed by atoms with Gasteiger partial charge in [0.05, 0.1) is 24.3 Å². The second-order valence-electron chi connectivity index (χ2n) is 9.80. The number of rotatable bonds is 12. The molecule has 200 valence electrons. The van der Waals surface area contributed by atoms with Gasteiger partial charge in [0, 0.05) is 40.7 Å². The van der Waals surface area contributed by atoms with Crippen molar-refractivity contribution >= 4 is 16.9 Å². The summed E-state index contributed by atoms with van der Waals surface area (Å²) in [5.74, 6) is 0.0725. The van der Waals surface area contributed by atoms with Gasteiger partial charge in [-0.3, -0.25) is 0 Å². The fourth-order valence-corrected chi connectivity index (χ4v) is 4.41. The van der Waals surface area contributed by atoms with E-state index in [1.54, 1.807) is 12.1 Å². The lowest BCUT2D eigenvalue weighted by Gasteiger charge is -2.19. The van der Waals surface area contributed by atoms with Crippen molar-refractivity contribution in [3.63, 3.8) is 0 Å². The van der Waals surface area contributed by atoms with E-state index in [0.717, 1.165) is 36.2 Å². The van der Waals surface area contributed by atoms with Gasteiger partial charge in [-0.2, -0.15) is 13.2 Å². The summed E-state index contributed by atoms with van der Waals surface area (Å²) in [6, 6.07) is 12.0. The van der Waals surface area contributed by atoms with Crippen LogP contribution in [0.1, 0.15) is 64.1 Å². The molecule has 0 bridgehead atoms. The molecule has 1 aromatic heterocycles. The van der Waals surface area contributed by atoms with Crippen LogP contribution in [0.3, 0.4) is 0 Å². The summed E-state index contributed by atoms with van der Waals surface area (Å²) >= 11 is 0. The maximum absolute atomic E-state index is 14.2. The Morgan fingerprint density at radius 1 is 1.05 bits per heavy atom. The maximum atomic E-state index is 14.2. The van der Waals surface area contributed by atoms with Gasteiger partial charge in [0.1, 0.15) is 5.75 Å². The van der Waals surface area contributed by atoms with Gasteiger partial charge in [-0.25, -0.2) is 4.79 Å². The lowest BCUT2D eigenvalue weighted by Crippen LogP contribution is -2.16. The van der Waals surface area contributed by atoms with Crippen LogP contribution in [0.15, 0.2) is 55.1 Å². The smallest absolute Gasteiger partial charge is 0.417 e. The zero-order valence-electron chi connectivity index (χ0n) is 22.0. The lowest BCUT2D eigenvalue weighted by molar-refractivity contribution is -0.139. The number of hydrogen-bond acceptors (Lipinski definition) is 3. The third kappa shape index (κ3) is 7.18. The molecule has 0 aliphatic rings. The number of carbonyl (C=O) groups is 1. The Bertz CT molecular complexity index is 1230. The molecule has 3 rings (SSSR count). The average molecular weight is 516 g/mol. The number of benzene rings is 2. The molecule has 2 aromatic carbocycles. The van der Waals surface area contributed by atoms with Gasteiger partial charge < -0.3 is 14.0 Å². The average Bonchev–Trinajstić information content (AvgIpc) is 3.24. The third-order valence-corrected chi connectivity index (χ3v) is 6.28. The predicted octanol–water partition coefficient (Wildman–Crippen LogP) is 8.38. The van der Waals surface area contributed by atoms with Crippen LogP contribution >= 0.6 is 0 Å². The number of nitrogens with zero attached hydrogens (tertiary/aromatic N) is 1. The summed E-state index contributed by atoms with van der Waals surface area (Å²) in [7, 11) is 0. The fraction of sp³-hybridized carbons (Fsp3) is 0.433. The van der Waals surface area contributed by atoms with Crippen molar-refractivity contribution in [2.75, 3.05) is 13.2 Å². The minimum absolute atomic E-state index is 0.0442. The van der Waals surface area contributed by atoms with Gasteiger partial charge in [0.25, 0.3) is 0 Å². The van der Waals surface area contributed by atoms with Gasteiger partial charge in [0.2, 0.25) is 0 Å². The van der Waals surface area contributed by atoms with E-state index in [2.05, 4.69) is 13.5 Å². The SMILES string of the molecule is C=CC(=O)OCC(C)COc1ccc2cc(-c3ccc(CCCCC)cc3C(F)(F)F)n(C(C)C)c2c1. The minimum Gasteiger partial charge on any atom is -0.493 e. The number of aromatic nitrogens is 1.